The monoisotopic (exact) mass is 491 g/mol. The van der Waals surface area contributed by atoms with E-state index >= 15 is 8.78 Å². The van der Waals surface area contributed by atoms with Crippen LogP contribution in [0.5, 0.6) is 0 Å². The maximum absolute atomic E-state index is 15.0. The van der Waals surface area contributed by atoms with Crippen LogP contribution in [-0.4, -0.2) is 59.0 Å². The first-order valence-corrected chi connectivity index (χ1v) is 11.1. The molecule has 0 saturated carbocycles. The van der Waals surface area contributed by atoms with E-state index in [-0.39, 0.29) is 25.1 Å². The molecule has 1 aliphatic rings. The predicted molar refractivity (Wildman–Crippen MR) is 129 cm³/mol. The van der Waals surface area contributed by atoms with Crippen LogP contribution >= 0.6 is 0 Å². The molecule has 0 aliphatic carbocycles. The fraction of sp³-hybridized carbons (Fsp3) is 0.231. The van der Waals surface area contributed by atoms with E-state index in [1.54, 1.807) is 24.3 Å². The summed E-state index contributed by atoms with van der Waals surface area (Å²) in [5.74, 6) is 3.08. The third kappa shape index (κ3) is 4.55. The zero-order valence-electron chi connectivity index (χ0n) is 19.7. The van der Waals surface area contributed by atoms with Gasteiger partial charge in [-0.25, -0.2) is 13.6 Å². The lowest BCUT2D eigenvalue weighted by Crippen LogP contribution is -2.68. The number of nitrogens with zero attached hydrogens (tertiary/aromatic N) is 4. The average Bonchev–Trinajstić information content (AvgIpc) is 3.39. The van der Waals surface area contributed by atoms with Gasteiger partial charge in [-0.05, 0) is 31.2 Å². The lowest BCUT2D eigenvalue weighted by atomic mass is 9.91. The van der Waals surface area contributed by atoms with Crippen LogP contribution in [0.2, 0.25) is 0 Å². The van der Waals surface area contributed by atoms with Crippen molar-refractivity contribution in [3.63, 3.8) is 0 Å². The molecular weight excluding hydrogens is 468 g/mol. The summed E-state index contributed by atoms with van der Waals surface area (Å²) in [4.78, 5) is 41.6. The van der Waals surface area contributed by atoms with Gasteiger partial charge in [-0.3, -0.25) is 14.8 Å². The Balaban J connectivity index is 1.61. The van der Waals surface area contributed by atoms with Crippen molar-refractivity contribution < 1.29 is 23.2 Å². The number of halogens is 2. The Morgan fingerprint density at radius 2 is 1.83 bits per heavy atom. The van der Waals surface area contributed by atoms with Crippen molar-refractivity contribution in [3.8, 4) is 11.8 Å². The Hall–Kier alpha value is -4.52. The number of nitrogens with one attached hydrogen (secondary N) is 1. The molecule has 1 N–H and O–H groups in total. The Morgan fingerprint density at radius 1 is 1.17 bits per heavy atom. The summed E-state index contributed by atoms with van der Waals surface area (Å²) in [5, 5.41) is 6.46. The van der Waals surface area contributed by atoms with Gasteiger partial charge in [0.2, 0.25) is 0 Å². The van der Waals surface area contributed by atoms with Gasteiger partial charge in [0.1, 0.15) is 17.5 Å². The van der Waals surface area contributed by atoms with E-state index in [1.165, 1.54) is 36.2 Å². The highest BCUT2D eigenvalue weighted by molar-refractivity contribution is 6.06. The molecule has 0 radical (unpaired) electrons. The van der Waals surface area contributed by atoms with Crippen molar-refractivity contribution in [3.05, 3.63) is 77.6 Å². The lowest BCUT2D eigenvalue weighted by Gasteiger charge is -2.47. The molecule has 1 unspecified atom stereocenters. The molecule has 184 valence electrons. The first-order chi connectivity index (χ1) is 17.3. The van der Waals surface area contributed by atoms with Crippen LogP contribution < -0.4 is 9.80 Å². The van der Waals surface area contributed by atoms with Crippen molar-refractivity contribution in [2.24, 2.45) is 0 Å². The second-order valence-electron chi connectivity index (χ2n) is 8.46. The minimum atomic E-state index is -1.56. The van der Waals surface area contributed by atoms with Crippen LogP contribution in [-0.2, 0) is 9.59 Å². The molecular formula is C26H23F2N5O3. The van der Waals surface area contributed by atoms with Gasteiger partial charge in [-0.1, -0.05) is 30.0 Å². The molecule has 0 spiro atoms. The van der Waals surface area contributed by atoms with Crippen LogP contribution in [0.15, 0.2) is 54.9 Å². The smallest absolute Gasteiger partial charge is 0.308 e. The fourth-order valence-electron chi connectivity index (χ4n) is 4.16. The quantitative estimate of drug-likeness (QED) is 0.448. The molecule has 0 bridgehead atoms. The number of H-pyrrole nitrogens is 1. The average molecular weight is 491 g/mol. The molecule has 2 aromatic carbocycles. The second kappa shape index (κ2) is 10.00. The number of carbonyl (C=O) groups excluding carboxylic acids is 3. The van der Waals surface area contributed by atoms with Crippen molar-refractivity contribution >= 4 is 29.6 Å². The molecule has 1 aromatic heterocycles. The number of amides is 3. The highest BCUT2D eigenvalue weighted by Crippen LogP contribution is 2.32. The molecule has 1 saturated heterocycles. The third-order valence-electron chi connectivity index (χ3n) is 6.12. The molecule has 3 amide bonds. The van der Waals surface area contributed by atoms with Crippen molar-refractivity contribution in [2.75, 3.05) is 29.9 Å². The maximum atomic E-state index is 15.0. The fourth-order valence-corrected chi connectivity index (χ4v) is 4.16. The third-order valence-corrected chi connectivity index (χ3v) is 6.12. The normalized spacial score (nSPS) is 17.4. The van der Waals surface area contributed by atoms with Crippen LogP contribution in [0.4, 0.5) is 25.0 Å². The van der Waals surface area contributed by atoms with Crippen molar-refractivity contribution in [1.29, 1.82) is 0 Å². The zero-order valence-corrected chi connectivity index (χ0v) is 19.7. The Kier molecular flexibility index (Phi) is 6.83. The number of urea groups is 1. The number of aromatic amines is 1. The highest BCUT2D eigenvalue weighted by atomic mass is 19.1. The van der Waals surface area contributed by atoms with E-state index in [2.05, 4.69) is 22.0 Å². The summed E-state index contributed by atoms with van der Waals surface area (Å²) in [6.07, 6.45) is 3.23. The summed E-state index contributed by atoms with van der Waals surface area (Å²) in [7, 11) is 1.22. The van der Waals surface area contributed by atoms with E-state index in [0.29, 0.717) is 17.5 Å². The zero-order chi connectivity index (χ0) is 25.9. The Bertz CT molecular complexity index is 1330. The van der Waals surface area contributed by atoms with Gasteiger partial charge in [0.15, 0.2) is 11.6 Å². The van der Waals surface area contributed by atoms with E-state index in [9.17, 15) is 14.4 Å². The summed E-state index contributed by atoms with van der Waals surface area (Å²) in [5.41, 5.74) is -0.863. The summed E-state index contributed by atoms with van der Waals surface area (Å²) in [6, 6.07) is 10.2. The second-order valence-corrected chi connectivity index (χ2v) is 8.46. The van der Waals surface area contributed by atoms with Crippen molar-refractivity contribution in [2.45, 2.75) is 18.9 Å². The number of piperazine rings is 1. The number of benzene rings is 2. The molecule has 36 heavy (non-hydrogen) atoms. The summed E-state index contributed by atoms with van der Waals surface area (Å²) >= 11 is 0. The lowest BCUT2D eigenvalue weighted by molar-refractivity contribution is -0.133. The standard InChI is InChI=1S/C26H23F2N5O3/c1-26(10-13-34)24(35)32(20-16-29-30-17-20)11-12-33(26)25(36)31(2)23-21(27)14-19(15-22(23)28)9-8-18-6-4-3-5-7-18/h3-7,13-17H,10-12H2,1-2H3,(H,29,30). The predicted octanol–water partition coefficient (Wildman–Crippen LogP) is 3.34. The molecule has 3 aromatic rings. The first kappa shape index (κ1) is 24.6. The van der Waals surface area contributed by atoms with Gasteiger partial charge < -0.3 is 14.6 Å². The molecule has 8 nitrogen and oxygen atoms in total. The Labute approximate surface area is 206 Å². The largest absolute Gasteiger partial charge is 0.325 e. The van der Waals surface area contributed by atoms with Crippen LogP contribution in [0, 0.1) is 23.5 Å². The van der Waals surface area contributed by atoms with Gasteiger partial charge in [0, 0.05) is 43.9 Å². The highest BCUT2D eigenvalue weighted by Gasteiger charge is 2.49. The van der Waals surface area contributed by atoms with E-state index in [1.807, 2.05) is 6.07 Å². The van der Waals surface area contributed by atoms with Gasteiger partial charge in [-0.15, -0.1) is 0 Å². The van der Waals surface area contributed by atoms with E-state index in [4.69, 9.17) is 0 Å². The van der Waals surface area contributed by atoms with Crippen LogP contribution in [0.1, 0.15) is 24.5 Å². The van der Waals surface area contributed by atoms with E-state index < -0.39 is 34.8 Å². The number of anilines is 2. The molecule has 4 rings (SSSR count). The number of rotatable bonds is 4. The molecule has 2 heterocycles. The number of carbonyl (C=O) groups is 3. The van der Waals surface area contributed by atoms with Gasteiger partial charge >= 0.3 is 6.03 Å². The molecule has 1 fully saturated rings. The van der Waals surface area contributed by atoms with Crippen LogP contribution in [0.3, 0.4) is 0 Å². The number of hydrogen-bond acceptors (Lipinski definition) is 4. The Morgan fingerprint density at radius 3 is 2.44 bits per heavy atom. The minimum absolute atomic E-state index is 0.0360. The van der Waals surface area contributed by atoms with Crippen molar-refractivity contribution in [1.82, 2.24) is 15.1 Å². The number of aldehydes is 1. The van der Waals surface area contributed by atoms with Gasteiger partial charge in [-0.2, -0.15) is 5.10 Å². The minimum Gasteiger partial charge on any atom is -0.308 e. The summed E-state index contributed by atoms with van der Waals surface area (Å²) in [6.45, 7) is 1.61. The number of hydrogen-bond donors (Lipinski definition) is 1. The summed E-state index contributed by atoms with van der Waals surface area (Å²) < 4.78 is 30.0. The van der Waals surface area contributed by atoms with Gasteiger partial charge in [0.05, 0.1) is 11.9 Å². The number of aromatic nitrogens is 2. The van der Waals surface area contributed by atoms with Gasteiger partial charge in [0.25, 0.3) is 5.91 Å². The molecule has 1 atom stereocenters. The van der Waals surface area contributed by atoms with E-state index in [0.717, 1.165) is 17.0 Å². The maximum Gasteiger partial charge on any atom is 0.325 e. The molecule has 10 heteroatoms. The van der Waals surface area contributed by atoms with Crippen LogP contribution in [0.25, 0.3) is 0 Å². The first-order valence-electron chi connectivity index (χ1n) is 11.1. The SMILES string of the molecule is CN(C(=O)N1CCN(c2cn[nH]c2)C(=O)C1(C)CC=O)c1c(F)cc(C#Cc2ccccc2)cc1F. The molecule has 1 aliphatic heterocycles. The topological polar surface area (TPSA) is 89.6 Å².